The summed E-state index contributed by atoms with van der Waals surface area (Å²) in [6.45, 7) is 12.3. The van der Waals surface area contributed by atoms with E-state index in [-0.39, 0.29) is 5.54 Å². The number of hydrogen-bond donors (Lipinski definition) is 0. The van der Waals surface area contributed by atoms with Gasteiger partial charge in [0.25, 0.3) is 0 Å². The summed E-state index contributed by atoms with van der Waals surface area (Å²) >= 11 is 0. The van der Waals surface area contributed by atoms with Crippen molar-refractivity contribution in [2.24, 2.45) is 5.92 Å². The molecule has 0 amide bonds. The quantitative estimate of drug-likeness (QED) is 0.680. The summed E-state index contributed by atoms with van der Waals surface area (Å²) in [6, 6.07) is 2.70. The van der Waals surface area contributed by atoms with E-state index < -0.39 is 0 Å². The molecule has 1 rings (SSSR count). The van der Waals surface area contributed by atoms with Crippen molar-refractivity contribution in [2.45, 2.75) is 45.7 Å². The van der Waals surface area contributed by atoms with Crippen LogP contribution in [0.15, 0.2) is 0 Å². The largest absolute Gasteiger partial charge is 0.301 e. The molecule has 0 aromatic heterocycles. The van der Waals surface area contributed by atoms with Gasteiger partial charge in [-0.05, 0) is 33.7 Å². The van der Waals surface area contributed by atoms with Gasteiger partial charge in [-0.25, -0.2) is 0 Å². The molecule has 0 saturated carbocycles. The highest BCUT2D eigenvalue weighted by molar-refractivity contribution is 4.91. The second kappa shape index (κ2) is 5.16. The highest BCUT2D eigenvalue weighted by atomic mass is 15.3. The number of rotatable bonds is 1. The second-order valence-corrected chi connectivity index (χ2v) is 6.14. The van der Waals surface area contributed by atoms with E-state index in [1.807, 2.05) is 0 Å². The standard InChI is InChI=1S/C13H25N3/c1-11-8-15(5)12(6-7-14)10-16(9-11)13(2,3)4/h11-12H,6,8-10H2,1-5H3. The molecule has 1 aliphatic heterocycles. The van der Waals surface area contributed by atoms with Crippen LogP contribution in [0.1, 0.15) is 34.1 Å². The van der Waals surface area contributed by atoms with Crippen LogP contribution in [0.5, 0.6) is 0 Å². The monoisotopic (exact) mass is 223 g/mol. The summed E-state index contributed by atoms with van der Waals surface area (Å²) in [5, 5.41) is 8.89. The molecule has 0 N–H and O–H groups in total. The van der Waals surface area contributed by atoms with E-state index in [1.165, 1.54) is 0 Å². The van der Waals surface area contributed by atoms with Gasteiger partial charge in [0.15, 0.2) is 0 Å². The fraction of sp³-hybridized carbons (Fsp3) is 0.923. The van der Waals surface area contributed by atoms with Crippen molar-refractivity contribution in [1.82, 2.24) is 9.80 Å². The van der Waals surface area contributed by atoms with Crippen LogP contribution in [0.25, 0.3) is 0 Å². The molecule has 0 aromatic rings. The zero-order valence-corrected chi connectivity index (χ0v) is 11.3. The summed E-state index contributed by atoms with van der Waals surface area (Å²) < 4.78 is 0. The first-order valence-corrected chi connectivity index (χ1v) is 6.17. The van der Waals surface area contributed by atoms with Gasteiger partial charge in [-0.3, -0.25) is 4.90 Å². The van der Waals surface area contributed by atoms with Crippen molar-refractivity contribution in [3.63, 3.8) is 0 Å². The highest BCUT2D eigenvalue weighted by Gasteiger charge is 2.31. The van der Waals surface area contributed by atoms with Gasteiger partial charge in [0.05, 0.1) is 12.5 Å². The Morgan fingerprint density at radius 3 is 2.38 bits per heavy atom. The van der Waals surface area contributed by atoms with Crippen molar-refractivity contribution in [3.05, 3.63) is 0 Å². The van der Waals surface area contributed by atoms with Crippen LogP contribution in [0, 0.1) is 17.2 Å². The molecule has 0 aliphatic carbocycles. The minimum atomic E-state index is 0.202. The van der Waals surface area contributed by atoms with Crippen LogP contribution in [0.2, 0.25) is 0 Å². The SMILES string of the molecule is CC1CN(C)C(CC#N)CN(C(C)(C)C)C1. The van der Waals surface area contributed by atoms with Gasteiger partial charge < -0.3 is 4.90 Å². The fourth-order valence-electron chi connectivity index (χ4n) is 2.42. The Kier molecular flexibility index (Phi) is 4.35. The van der Waals surface area contributed by atoms with Crippen LogP contribution >= 0.6 is 0 Å². The predicted octanol–water partition coefficient (Wildman–Crippen LogP) is 1.95. The molecule has 0 radical (unpaired) electrons. The molecule has 16 heavy (non-hydrogen) atoms. The van der Waals surface area contributed by atoms with Gasteiger partial charge in [-0.15, -0.1) is 0 Å². The minimum Gasteiger partial charge on any atom is -0.301 e. The molecule has 1 fully saturated rings. The van der Waals surface area contributed by atoms with Crippen molar-refractivity contribution in [3.8, 4) is 6.07 Å². The predicted molar refractivity (Wildman–Crippen MR) is 67.1 cm³/mol. The van der Waals surface area contributed by atoms with Crippen molar-refractivity contribution in [1.29, 1.82) is 5.26 Å². The molecular formula is C13H25N3. The lowest BCUT2D eigenvalue weighted by molar-refractivity contribution is 0.114. The number of hydrogen-bond acceptors (Lipinski definition) is 3. The minimum absolute atomic E-state index is 0.202. The van der Waals surface area contributed by atoms with Crippen LogP contribution < -0.4 is 0 Å². The molecule has 2 unspecified atom stereocenters. The summed E-state index contributed by atoms with van der Waals surface area (Å²) in [5.41, 5.74) is 0.202. The van der Waals surface area contributed by atoms with Crippen LogP contribution in [-0.2, 0) is 0 Å². The van der Waals surface area contributed by atoms with E-state index >= 15 is 0 Å². The molecule has 1 aliphatic rings. The maximum Gasteiger partial charge on any atom is 0.0638 e. The zero-order valence-electron chi connectivity index (χ0n) is 11.3. The van der Waals surface area contributed by atoms with Gasteiger partial charge in [0.2, 0.25) is 0 Å². The molecule has 2 atom stereocenters. The maximum atomic E-state index is 8.89. The Labute approximate surface area is 100 Å². The van der Waals surface area contributed by atoms with Crippen LogP contribution in [-0.4, -0.2) is 48.1 Å². The first-order chi connectivity index (χ1) is 7.34. The topological polar surface area (TPSA) is 30.3 Å². The third-order valence-corrected chi connectivity index (χ3v) is 3.46. The van der Waals surface area contributed by atoms with E-state index in [1.54, 1.807) is 0 Å². The molecule has 3 nitrogen and oxygen atoms in total. The fourth-order valence-corrected chi connectivity index (χ4v) is 2.42. The third kappa shape index (κ3) is 3.47. The smallest absolute Gasteiger partial charge is 0.0638 e. The van der Waals surface area contributed by atoms with Crippen molar-refractivity contribution >= 4 is 0 Å². The summed E-state index contributed by atoms with van der Waals surface area (Å²) in [5.74, 6) is 0.674. The van der Waals surface area contributed by atoms with E-state index in [9.17, 15) is 0 Å². The summed E-state index contributed by atoms with van der Waals surface area (Å²) in [4.78, 5) is 4.86. The lowest BCUT2D eigenvalue weighted by atomic mass is 10.0. The Morgan fingerprint density at radius 1 is 1.25 bits per heavy atom. The van der Waals surface area contributed by atoms with Crippen molar-refractivity contribution < 1.29 is 0 Å². The van der Waals surface area contributed by atoms with E-state index in [0.717, 1.165) is 19.6 Å². The Bertz CT molecular complexity index is 261. The summed E-state index contributed by atoms with van der Waals surface area (Å²) in [6.07, 6.45) is 0.635. The molecule has 3 heteroatoms. The Hall–Kier alpha value is -0.590. The Morgan fingerprint density at radius 2 is 1.88 bits per heavy atom. The highest BCUT2D eigenvalue weighted by Crippen LogP contribution is 2.22. The number of nitriles is 1. The van der Waals surface area contributed by atoms with E-state index in [4.69, 9.17) is 5.26 Å². The second-order valence-electron chi connectivity index (χ2n) is 6.14. The molecule has 1 saturated heterocycles. The number of likely N-dealkylation sites (N-methyl/N-ethyl adjacent to an activating group) is 1. The lowest BCUT2D eigenvalue weighted by Crippen LogP contribution is -2.47. The molecule has 0 spiro atoms. The summed E-state index contributed by atoms with van der Waals surface area (Å²) in [7, 11) is 2.14. The van der Waals surface area contributed by atoms with Crippen molar-refractivity contribution in [2.75, 3.05) is 26.7 Å². The average Bonchev–Trinajstić information content (AvgIpc) is 2.26. The van der Waals surface area contributed by atoms with Crippen LogP contribution in [0.3, 0.4) is 0 Å². The van der Waals surface area contributed by atoms with E-state index in [2.05, 4.69) is 50.6 Å². The first-order valence-electron chi connectivity index (χ1n) is 6.17. The van der Waals surface area contributed by atoms with Gasteiger partial charge in [0.1, 0.15) is 0 Å². The van der Waals surface area contributed by atoms with Gasteiger partial charge in [-0.1, -0.05) is 6.92 Å². The van der Waals surface area contributed by atoms with Gasteiger partial charge in [-0.2, -0.15) is 5.26 Å². The molecule has 92 valence electrons. The first kappa shape index (κ1) is 13.5. The molecular weight excluding hydrogens is 198 g/mol. The molecule has 0 aromatic carbocycles. The maximum absolute atomic E-state index is 8.89. The van der Waals surface area contributed by atoms with Gasteiger partial charge >= 0.3 is 0 Å². The zero-order chi connectivity index (χ0) is 12.3. The number of nitrogens with zero attached hydrogens (tertiary/aromatic N) is 3. The average molecular weight is 223 g/mol. The van der Waals surface area contributed by atoms with Crippen LogP contribution in [0.4, 0.5) is 0 Å². The molecule has 1 heterocycles. The van der Waals surface area contributed by atoms with Gasteiger partial charge in [0, 0.05) is 31.2 Å². The normalized spacial score (nSPS) is 29.8. The third-order valence-electron chi connectivity index (χ3n) is 3.46. The lowest BCUT2D eigenvalue weighted by Gasteiger charge is -2.37. The Balaban J connectivity index is 2.78. The van der Waals surface area contributed by atoms with E-state index in [0.29, 0.717) is 18.4 Å². The molecule has 0 bridgehead atoms.